The second-order valence-electron chi connectivity index (χ2n) is 7.30. The molecule has 1 aliphatic heterocycles. The summed E-state index contributed by atoms with van der Waals surface area (Å²) in [5, 5.41) is 9.38. The van der Waals surface area contributed by atoms with Crippen molar-refractivity contribution in [2.45, 2.75) is 25.8 Å². The summed E-state index contributed by atoms with van der Waals surface area (Å²) < 4.78 is 26.9. The zero-order valence-electron chi connectivity index (χ0n) is 17.6. The molecule has 1 unspecified atom stereocenters. The van der Waals surface area contributed by atoms with Crippen LogP contribution in [0.3, 0.4) is 0 Å². The Bertz CT molecular complexity index is 890. The van der Waals surface area contributed by atoms with Crippen LogP contribution in [0.2, 0.25) is 0 Å². The Morgan fingerprint density at radius 1 is 1.23 bits per heavy atom. The van der Waals surface area contributed by atoms with Gasteiger partial charge in [0.2, 0.25) is 5.91 Å². The van der Waals surface area contributed by atoms with Gasteiger partial charge < -0.3 is 20.9 Å². The lowest BCUT2D eigenvalue weighted by Gasteiger charge is -2.20. The summed E-state index contributed by atoms with van der Waals surface area (Å²) in [6.07, 6.45) is 2.63. The summed E-state index contributed by atoms with van der Waals surface area (Å²) >= 11 is 0. The van der Waals surface area contributed by atoms with E-state index in [9.17, 15) is 13.6 Å². The van der Waals surface area contributed by atoms with Crippen molar-refractivity contribution in [1.82, 2.24) is 20.9 Å². The molecule has 1 amide bonds. The monoisotopic (exact) mass is 430 g/mol. The number of aliphatic imine (C=N–C) groups is 1. The molecule has 3 N–H and O–H groups in total. The van der Waals surface area contributed by atoms with E-state index >= 15 is 0 Å². The van der Waals surface area contributed by atoms with Crippen molar-refractivity contribution in [3.63, 3.8) is 0 Å². The molecule has 166 valence electrons. The third-order valence-electron chi connectivity index (χ3n) is 4.89. The SMILES string of the molecule is CCNC(=NCCNC(=O)Cc1ccc(F)cc1)NC1CCN(c2ncccc2F)C1. The van der Waals surface area contributed by atoms with E-state index in [0.717, 1.165) is 12.0 Å². The third-order valence-corrected chi connectivity index (χ3v) is 4.89. The number of nitrogens with zero attached hydrogens (tertiary/aromatic N) is 3. The van der Waals surface area contributed by atoms with Gasteiger partial charge in [-0.2, -0.15) is 0 Å². The van der Waals surface area contributed by atoms with Gasteiger partial charge in [-0.1, -0.05) is 12.1 Å². The molecule has 2 aromatic rings. The molecular weight excluding hydrogens is 402 g/mol. The standard InChI is InChI=1S/C22H28F2N6O/c1-2-25-22(28-12-11-26-20(31)14-16-5-7-17(23)8-6-16)29-18-9-13-30(15-18)21-19(24)4-3-10-27-21/h3-8,10,18H,2,9,11-15H2,1H3,(H,26,31)(H2,25,28,29). The second-order valence-corrected chi connectivity index (χ2v) is 7.30. The first-order valence-corrected chi connectivity index (χ1v) is 10.5. The van der Waals surface area contributed by atoms with Gasteiger partial charge in [-0.05, 0) is 43.2 Å². The maximum Gasteiger partial charge on any atom is 0.224 e. The highest BCUT2D eigenvalue weighted by atomic mass is 19.1. The minimum atomic E-state index is -0.322. The number of nitrogens with one attached hydrogen (secondary N) is 3. The molecule has 0 saturated carbocycles. The van der Waals surface area contributed by atoms with Crippen LogP contribution in [-0.4, -0.2) is 55.6 Å². The molecule has 0 aliphatic carbocycles. The number of anilines is 1. The Labute approximate surface area is 181 Å². The maximum absolute atomic E-state index is 14.0. The third kappa shape index (κ3) is 6.91. The predicted octanol–water partition coefficient (Wildman–Crippen LogP) is 1.85. The summed E-state index contributed by atoms with van der Waals surface area (Å²) in [5.41, 5.74) is 0.757. The molecule has 1 aromatic carbocycles. The van der Waals surface area contributed by atoms with Gasteiger partial charge >= 0.3 is 0 Å². The fourth-order valence-electron chi connectivity index (χ4n) is 3.41. The van der Waals surface area contributed by atoms with E-state index in [-0.39, 0.29) is 30.0 Å². The molecule has 1 saturated heterocycles. The summed E-state index contributed by atoms with van der Waals surface area (Å²) in [6.45, 7) is 4.83. The highest BCUT2D eigenvalue weighted by Crippen LogP contribution is 2.20. The Hall–Kier alpha value is -3.23. The minimum absolute atomic E-state index is 0.118. The lowest BCUT2D eigenvalue weighted by atomic mass is 10.1. The van der Waals surface area contributed by atoms with E-state index in [1.165, 1.54) is 18.2 Å². The zero-order chi connectivity index (χ0) is 22.1. The highest BCUT2D eigenvalue weighted by Gasteiger charge is 2.25. The number of aromatic nitrogens is 1. The van der Waals surface area contributed by atoms with Crippen LogP contribution in [0, 0.1) is 11.6 Å². The van der Waals surface area contributed by atoms with Crippen molar-refractivity contribution in [3.8, 4) is 0 Å². The maximum atomic E-state index is 14.0. The van der Waals surface area contributed by atoms with E-state index < -0.39 is 0 Å². The van der Waals surface area contributed by atoms with Crippen LogP contribution in [0.5, 0.6) is 0 Å². The molecule has 9 heteroatoms. The second kappa shape index (κ2) is 11.2. The van der Waals surface area contributed by atoms with Gasteiger partial charge in [0.15, 0.2) is 17.6 Å². The summed E-state index contributed by atoms with van der Waals surface area (Å²) in [5.74, 6) is 0.252. The number of amides is 1. The van der Waals surface area contributed by atoms with Gasteiger partial charge in [-0.15, -0.1) is 0 Å². The molecule has 31 heavy (non-hydrogen) atoms. The van der Waals surface area contributed by atoms with Gasteiger partial charge in [0, 0.05) is 38.4 Å². The summed E-state index contributed by atoms with van der Waals surface area (Å²) in [6, 6.07) is 9.00. The Kier molecular flexibility index (Phi) is 8.14. The molecule has 1 aromatic heterocycles. The van der Waals surface area contributed by atoms with E-state index in [2.05, 4.69) is 25.9 Å². The molecule has 0 bridgehead atoms. The fraction of sp³-hybridized carbons (Fsp3) is 0.409. The Morgan fingerprint density at radius 2 is 2.03 bits per heavy atom. The first-order chi connectivity index (χ1) is 15.0. The van der Waals surface area contributed by atoms with Crippen LogP contribution in [0.4, 0.5) is 14.6 Å². The van der Waals surface area contributed by atoms with Crippen molar-refractivity contribution in [1.29, 1.82) is 0 Å². The van der Waals surface area contributed by atoms with Crippen molar-refractivity contribution in [2.75, 3.05) is 37.6 Å². The molecular formula is C22H28F2N6O. The quantitative estimate of drug-likeness (QED) is 0.338. The molecule has 3 rings (SSSR count). The Balaban J connectivity index is 1.44. The van der Waals surface area contributed by atoms with Crippen LogP contribution in [-0.2, 0) is 11.2 Å². The number of hydrogen-bond acceptors (Lipinski definition) is 4. The highest BCUT2D eigenvalue weighted by molar-refractivity contribution is 5.80. The number of benzene rings is 1. The van der Waals surface area contributed by atoms with E-state index in [0.29, 0.717) is 44.5 Å². The largest absolute Gasteiger partial charge is 0.357 e. The van der Waals surface area contributed by atoms with E-state index in [1.54, 1.807) is 24.4 Å². The number of guanidine groups is 1. The molecule has 7 nitrogen and oxygen atoms in total. The number of halogens is 2. The predicted molar refractivity (Wildman–Crippen MR) is 117 cm³/mol. The molecule has 1 fully saturated rings. The first-order valence-electron chi connectivity index (χ1n) is 10.5. The summed E-state index contributed by atoms with van der Waals surface area (Å²) in [4.78, 5) is 22.6. The molecule has 1 atom stereocenters. The molecule has 0 spiro atoms. The number of carbonyl (C=O) groups is 1. The first kappa shape index (κ1) is 22.5. The van der Waals surface area contributed by atoms with Crippen molar-refractivity contribution in [2.24, 2.45) is 4.99 Å². The number of pyridine rings is 1. The minimum Gasteiger partial charge on any atom is -0.357 e. The normalized spacial score (nSPS) is 16.3. The lowest BCUT2D eigenvalue weighted by Crippen LogP contribution is -2.45. The van der Waals surface area contributed by atoms with E-state index in [4.69, 9.17) is 0 Å². The van der Waals surface area contributed by atoms with Gasteiger partial charge in [-0.25, -0.2) is 13.8 Å². The van der Waals surface area contributed by atoms with Gasteiger partial charge in [-0.3, -0.25) is 9.79 Å². The van der Waals surface area contributed by atoms with Gasteiger partial charge in [0.05, 0.1) is 13.0 Å². The lowest BCUT2D eigenvalue weighted by molar-refractivity contribution is -0.120. The van der Waals surface area contributed by atoms with Crippen LogP contribution in [0.25, 0.3) is 0 Å². The van der Waals surface area contributed by atoms with E-state index in [1.807, 2.05) is 11.8 Å². The van der Waals surface area contributed by atoms with Crippen molar-refractivity contribution < 1.29 is 13.6 Å². The van der Waals surface area contributed by atoms with Crippen molar-refractivity contribution in [3.05, 3.63) is 59.8 Å². The summed E-state index contributed by atoms with van der Waals surface area (Å²) in [7, 11) is 0. The average Bonchev–Trinajstić information content (AvgIpc) is 3.21. The van der Waals surface area contributed by atoms with Gasteiger partial charge in [0.1, 0.15) is 5.82 Å². The number of hydrogen-bond donors (Lipinski definition) is 3. The van der Waals surface area contributed by atoms with Crippen molar-refractivity contribution >= 4 is 17.7 Å². The zero-order valence-corrected chi connectivity index (χ0v) is 17.6. The molecule has 0 radical (unpaired) electrons. The van der Waals surface area contributed by atoms with Gasteiger partial charge in [0.25, 0.3) is 0 Å². The number of rotatable bonds is 8. The molecule has 2 heterocycles. The van der Waals surface area contributed by atoms with Crippen LogP contribution < -0.4 is 20.9 Å². The van der Waals surface area contributed by atoms with Crippen LogP contribution in [0.15, 0.2) is 47.6 Å². The fourth-order valence-corrected chi connectivity index (χ4v) is 3.41. The number of carbonyl (C=O) groups excluding carboxylic acids is 1. The smallest absolute Gasteiger partial charge is 0.224 e. The Morgan fingerprint density at radius 3 is 2.77 bits per heavy atom. The average molecular weight is 431 g/mol. The van der Waals surface area contributed by atoms with Crippen LogP contribution in [0.1, 0.15) is 18.9 Å². The topological polar surface area (TPSA) is 81.6 Å². The van der Waals surface area contributed by atoms with Crippen LogP contribution >= 0.6 is 0 Å². The molecule has 1 aliphatic rings.